The molecule has 5 rings (SSSR count). The normalized spacial score (nSPS) is 11.5. The van der Waals surface area contributed by atoms with Crippen LogP contribution in [0.15, 0.2) is 108 Å². The Kier molecular flexibility index (Phi) is 9.03. The van der Waals surface area contributed by atoms with Crippen LogP contribution < -0.4 is 10.1 Å². The molecule has 0 spiro atoms. The molecule has 0 radical (unpaired) electrons. The number of carbonyl (C=O) groups excluding carboxylic acids is 2. The van der Waals surface area contributed by atoms with Crippen LogP contribution in [0.1, 0.15) is 32.9 Å². The number of nitrogens with zero attached hydrogens (tertiary/aromatic N) is 2. The molecule has 0 unspecified atom stereocenters. The molecule has 0 aliphatic carbocycles. The van der Waals surface area contributed by atoms with Crippen LogP contribution >= 0.6 is 0 Å². The fourth-order valence-electron chi connectivity index (χ4n) is 4.58. The second kappa shape index (κ2) is 13.4. The monoisotopic (exact) mass is 561 g/mol. The Balaban J connectivity index is 1.21. The van der Waals surface area contributed by atoms with Gasteiger partial charge in [-0.15, -0.1) is 0 Å². The van der Waals surface area contributed by atoms with Gasteiger partial charge in [-0.2, -0.15) is 0 Å². The number of hydrogen-bond acceptors (Lipinski definition) is 8. The molecule has 3 aromatic carbocycles. The molecular weight excluding hydrogens is 530 g/mol. The van der Waals surface area contributed by atoms with Crippen LogP contribution in [0.4, 0.5) is 5.69 Å². The van der Waals surface area contributed by atoms with Gasteiger partial charge in [-0.3, -0.25) is 9.78 Å². The number of esters is 1. The summed E-state index contributed by atoms with van der Waals surface area (Å²) in [5, 5.41) is 3.23. The third-order valence-electron chi connectivity index (χ3n) is 6.81. The van der Waals surface area contributed by atoms with Crippen LogP contribution in [-0.4, -0.2) is 41.5 Å². The third kappa shape index (κ3) is 6.90. The lowest BCUT2D eigenvalue weighted by Crippen LogP contribution is -2.33. The highest BCUT2D eigenvalue weighted by atomic mass is 16.5. The highest BCUT2D eigenvalue weighted by molar-refractivity contribution is 6.12. The van der Waals surface area contributed by atoms with Crippen LogP contribution in [0.3, 0.4) is 0 Å². The molecule has 1 atom stereocenters. The average Bonchev–Trinajstić information content (AvgIpc) is 3.42. The molecule has 1 N–H and O–H groups in total. The number of nitrogens with one attached hydrogen (secondary N) is 1. The van der Waals surface area contributed by atoms with Crippen molar-refractivity contribution in [1.82, 2.24) is 9.97 Å². The van der Waals surface area contributed by atoms with Crippen molar-refractivity contribution < 1.29 is 23.5 Å². The van der Waals surface area contributed by atoms with E-state index in [1.807, 2.05) is 67.6 Å². The average molecular weight is 562 g/mol. The number of benzene rings is 3. The standard InChI is InChI=1S/C34H31N3O5/c1-23-29(37-33(42-23)26-8-4-3-5-9-26)18-21-41-27-14-12-24(13-15-27)22-31(34(39)40-2)36-30-11-7-6-10-28(30)32(38)25-16-19-35-20-17-25/h3-17,19-20,31,36H,18,21-22H2,1-2H3/t31-/m0/s1. The largest absolute Gasteiger partial charge is 0.493 e. The zero-order valence-corrected chi connectivity index (χ0v) is 23.4. The van der Waals surface area contributed by atoms with E-state index in [2.05, 4.69) is 15.3 Å². The number of rotatable bonds is 12. The highest BCUT2D eigenvalue weighted by Crippen LogP contribution is 2.24. The molecule has 2 aromatic heterocycles. The lowest BCUT2D eigenvalue weighted by atomic mass is 10.0. The molecule has 0 aliphatic heterocycles. The van der Waals surface area contributed by atoms with Gasteiger partial charge in [0.2, 0.25) is 5.89 Å². The predicted molar refractivity (Wildman–Crippen MR) is 160 cm³/mol. The second-order valence-corrected chi connectivity index (χ2v) is 9.67. The van der Waals surface area contributed by atoms with Gasteiger partial charge in [-0.1, -0.05) is 42.5 Å². The van der Waals surface area contributed by atoms with Crippen molar-refractivity contribution in [2.45, 2.75) is 25.8 Å². The number of para-hydroxylation sites is 1. The van der Waals surface area contributed by atoms with Crippen molar-refractivity contribution >= 4 is 17.4 Å². The summed E-state index contributed by atoms with van der Waals surface area (Å²) in [6, 6.07) is 27.1. The third-order valence-corrected chi connectivity index (χ3v) is 6.81. The van der Waals surface area contributed by atoms with E-state index in [1.165, 1.54) is 7.11 Å². The smallest absolute Gasteiger partial charge is 0.328 e. The summed E-state index contributed by atoms with van der Waals surface area (Å²) in [5.41, 5.74) is 4.22. The Morgan fingerprint density at radius 3 is 2.36 bits per heavy atom. The van der Waals surface area contributed by atoms with Gasteiger partial charge in [0.05, 0.1) is 19.4 Å². The number of aryl methyl sites for hydroxylation is 1. The molecule has 0 bridgehead atoms. The van der Waals surface area contributed by atoms with Crippen LogP contribution in [0.2, 0.25) is 0 Å². The van der Waals surface area contributed by atoms with Crippen molar-refractivity contribution in [2.24, 2.45) is 0 Å². The van der Waals surface area contributed by atoms with Crippen LogP contribution in [0.25, 0.3) is 11.5 Å². The molecular formula is C34H31N3O5. The first-order valence-electron chi connectivity index (χ1n) is 13.6. The molecule has 5 aromatic rings. The fourth-order valence-corrected chi connectivity index (χ4v) is 4.58. The fraction of sp³-hybridized carbons (Fsp3) is 0.176. The van der Waals surface area contributed by atoms with Gasteiger partial charge in [0.15, 0.2) is 5.78 Å². The Labute approximate surface area is 244 Å². The minimum absolute atomic E-state index is 0.164. The number of methoxy groups -OCH3 is 1. The number of carbonyl (C=O) groups is 2. The van der Waals surface area contributed by atoms with E-state index >= 15 is 0 Å². The van der Waals surface area contributed by atoms with Gasteiger partial charge in [0.1, 0.15) is 17.6 Å². The number of hydrogen-bond donors (Lipinski definition) is 1. The van der Waals surface area contributed by atoms with Crippen molar-refractivity contribution in [3.63, 3.8) is 0 Å². The summed E-state index contributed by atoms with van der Waals surface area (Å²) in [5.74, 6) is 1.49. The van der Waals surface area contributed by atoms with E-state index in [0.717, 1.165) is 22.6 Å². The maximum absolute atomic E-state index is 13.1. The lowest BCUT2D eigenvalue weighted by molar-refractivity contribution is -0.141. The number of oxazole rings is 1. The first-order chi connectivity index (χ1) is 20.5. The van der Waals surface area contributed by atoms with Gasteiger partial charge in [-0.25, -0.2) is 9.78 Å². The molecule has 8 heteroatoms. The van der Waals surface area contributed by atoms with Gasteiger partial charge >= 0.3 is 5.97 Å². The quantitative estimate of drug-likeness (QED) is 0.144. The van der Waals surface area contributed by atoms with Crippen molar-refractivity contribution in [3.8, 4) is 17.2 Å². The predicted octanol–water partition coefficient (Wildman–Crippen LogP) is 6.09. The first-order valence-corrected chi connectivity index (χ1v) is 13.6. The van der Waals surface area contributed by atoms with E-state index in [4.69, 9.17) is 13.9 Å². The molecule has 2 heterocycles. The van der Waals surface area contributed by atoms with E-state index in [9.17, 15) is 9.59 Å². The number of ether oxygens (including phenoxy) is 2. The maximum Gasteiger partial charge on any atom is 0.328 e. The zero-order chi connectivity index (χ0) is 29.3. The Bertz CT molecular complexity index is 1630. The van der Waals surface area contributed by atoms with E-state index in [-0.39, 0.29) is 5.78 Å². The van der Waals surface area contributed by atoms with E-state index in [1.54, 1.807) is 42.7 Å². The topological polar surface area (TPSA) is 104 Å². The molecule has 8 nitrogen and oxygen atoms in total. The summed E-state index contributed by atoms with van der Waals surface area (Å²) in [7, 11) is 1.35. The minimum atomic E-state index is -0.706. The van der Waals surface area contributed by atoms with E-state index in [0.29, 0.717) is 47.9 Å². The zero-order valence-electron chi connectivity index (χ0n) is 23.4. The molecule has 0 aliphatic rings. The molecule has 212 valence electrons. The van der Waals surface area contributed by atoms with Gasteiger partial charge in [0, 0.05) is 47.6 Å². The number of ketones is 1. The van der Waals surface area contributed by atoms with Crippen molar-refractivity contribution in [2.75, 3.05) is 19.0 Å². The molecule has 0 saturated heterocycles. The SMILES string of the molecule is COC(=O)[C@H](Cc1ccc(OCCc2nc(-c3ccccc3)oc2C)cc1)Nc1ccccc1C(=O)c1ccncc1. The maximum atomic E-state index is 13.1. The summed E-state index contributed by atoms with van der Waals surface area (Å²) < 4.78 is 16.9. The second-order valence-electron chi connectivity index (χ2n) is 9.67. The minimum Gasteiger partial charge on any atom is -0.493 e. The summed E-state index contributed by atoms with van der Waals surface area (Å²) in [4.78, 5) is 34.5. The molecule has 0 fully saturated rings. The molecule has 0 amide bonds. The van der Waals surface area contributed by atoms with Crippen molar-refractivity contribution in [1.29, 1.82) is 0 Å². The van der Waals surface area contributed by atoms with Crippen molar-refractivity contribution in [3.05, 3.63) is 132 Å². The van der Waals surface area contributed by atoms with Crippen LogP contribution in [0.5, 0.6) is 5.75 Å². The molecule has 42 heavy (non-hydrogen) atoms. The summed E-state index contributed by atoms with van der Waals surface area (Å²) >= 11 is 0. The summed E-state index contributed by atoms with van der Waals surface area (Å²) in [6.45, 7) is 2.35. The van der Waals surface area contributed by atoms with Gasteiger partial charge in [-0.05, 0) is 61.0 Å². The number of aromatic nitrogens is 2. The lowest BCUT2D eigenvalue weighted by Gasteiger charge is -2.20. The summed E-state index contributed by atoms with van der Waals surface area (Å²) in [6.07, 6.45) is 4.11. The molecule has 0 saturated carbocycles. The van der Waals surface area contributed by atoms with Crippen LogP contribution in [-0.2, 0) is 22.4 Å². The van der Waals surface area contributed by atoms with Gasteiger partial charge < -0.3 is 19.2 Å². The number of anilines is 1. The highest BCUT2D eigenvalue weighted by Gasteiger charge is 2.23. The Morgan fingerprint density at radius 1 is 0.905 bits per heavy atom. The van der Waals surface area contributed by atoms with E-state index < -0.39 is 12.0 Å². The Morgan fingerprint density at radius 2 is 1.62 bits per heavy atom. The van der Waals surface area contributed by atoms with Gasteiger partial charge in [0.25, 0.3) is 0 Å². The Hall–Kier alpha value is -5.24. The van der Waals surface area contributed by atoms with Crippen LogP contribution in [0, 0.1) is 6.92 Å². The first kappa shape index (κ1) is 28.3. The number of pyridine rings is 1.